The monoisotopic (exact) mass is 422 g/mol. The molecule has 5 nitrogen and oxygen atoms in total. The van der Waals surface area contributed by atoms with Crippen LogP contribution in [0.25, 0.3) is 11.6 Å². The van der Waals surface area contributed by atoms with E-state index in [1.54, 1.807) is 31.2 Å². The Morgan fingerprint density at radius 2 is 1.53 bits per heavy atom. The molecule has 156 valence electrons. The molecule has 30 heavy (non-hydrogen) atoms. The van der Waals surface area contributed by atoms with E-state index in [4.69, 9.17) is 0 Å². The normalized spacial score (nSPS) is 12.1. The van der Waals surface area contributed by atoms with Crippen LogP contribution in [0.5, 0.6) is 0 Å². The third-order valence-corrected chi connectivity index (χ3v) is 6.86. The molecule has 1 N–H and O–H groups in total. The smallest absolute Gasteiger partial charge is 0.265 e. The van der Waals surface area contributed by atoms with Crippen LogP contribution < -0.4 is 4.31 Å². The van der Waals surface area contributed by atoms with Gasteiger partial charge in [-0.3, -0.25) is 9.10 Å². The number of rotatable bonds is 6. The summed E-state index contributed by atoms with van der Waals surface area (Å²) in [7, 11) is -2.30. The maximum atomic E-state index is 13.3. The van der Waals surface area contributed by atoms with Gasteiger partial charge in [0.15, 0.2) is 5.78 Å². The van der Waals surface area contributed by atoms with Crippen LogP contribution in [0, 0.1) is 13.8 Å². The molecule has 1 aromatic heterocycles. The number of Topliss-reactive ketones (excluding diaryl/α,β-unsaturated/α-hetero) is 1. The highest BCUT2D eigenvalue weighted by molar-refractivity contribution is 7.92. The maximum Gasteiger partial charge on any atom is 0.265 e. The number of aromatic amines is 1. The lowest BCUT2D eigenvalue weighted by atomic mass is 9.99. The highest BCUT2D eigenvalue weighted by Crippen LogP contribution is 2.35. The van der Waals surface area contributed by atoms with Crippen LogP contribution in [-0.4, -0.2) is 26.2 Å². The molecule has 0 unspecified atom stereocenters. The van der Waals surface area contributed by atoms with Crippen LogP contribution in [0.4, 0.5) is 5.82 Å². The number of allylic oxidation sites excluding steroid dienone is 1. The molecule has 0 spiro atoms. The van der Waals surface area contributed by atoms with E-state index in [9.17, 15) is 13.2 Å². The van der Waals surface area contributed by atoms with E-state index in [2.05, 4.69) is 4.98 Å². The van der Waals surface area contributed by atoms with Gasteiger partial charge in [-0.15, -0.1) is 0 Å². The molecule has 0 aliphatic rings. The predicted molar refractivity (Wildman–Crippen MR) is 122 cm³/mol. The lowest BCUT2D eigenvalue weighted by molar-refractivity contribution is 0.101. The number of hydrogen-bond acceptors (Lipinski definition) is 3. The van der Waals surface area contributed by atoms with E-state index in [1.807, 2.05) is 50.3 Å². The van der Waals surface area contributed by atoms with Crippen molar-refractivity contribution in [1.82, 2.24) is 4.98 Å². The number of nitrogens with one attached hydrogen (secondary N) is 1. The Morgan fingerprint density at radius 3 is 2.10 bits per heavy atom. The summed E-state index contributed by atoms with van der Waals surface area (Å²) in [6.07, 6.45) is 1.95. The first-order valence-corrected chi connectivity index (χ1v) is 11.1. The van der Waals surface area contributed by atoms with Crippen molar-refractivity contribution < 1.29 is 13.2 Å². The summed E-state index contributed by atoms with van der Waals surface area (Å²) in [5.74, 6) is 0.259. The summed E-state index contributed by atoms with van der Waals surface area (Å²) in [4.78, 5) is 15.8. The van der Waals surface area contributed by atoms with Gasteiger partial charge in [0.25, 0.3) is 10.0 Å². The Balaban J connectivity index is 2.18. The number of H-pyrrole nitrogens is 1. The summed E-state index contributed by atoms with van der Waals surface area (Å²) in [6.45, 7) is 7.07. The molecule has 0 aliphatic heterocycles. The largest absolute Gasteiger partial charge is 0.344 e. The molecule has 2 aromatic carbocycles. The quantitative estimate of drug-likeness (QED) is 0.554. The maximum absolute atomic E-state index is 13.3. The van der Waals surface area contributed by atoms with E-state index in [0.29, 0.717) is 22.6 Å². The van der Waals surface area contributed by atoms with Crippen LogP contribution in [0.3, 0.4) is 0 Å². The molecule has 0 fully saturated rings. The molecular formula is C24H26N2O3S. The van der Waals surface area contributed by atoms with E-state index in [1.165, 1.54) is 18.3 Å². The Labute approximate surface area is 178 Å². The van der Waals surface area contributed by atoms with E-state index < -0.39 is 10.0 Å². The molecule has 0 amide bonds. The second kappa shape index (κ2) is 8.32. The molecule has 0 atom stereocenters. The zero-order chi connectivity index (χ0) is 22.1. The number of aromatic nitrogens is 1. The molecule has 0 saturated heterocycles. The minimum atomic E-state index is -3.80. The van der Waals surface area contributed by atoms with Crippen molar-refractivity contribution in [2.75, 3.05) is 11.4 Å². The molecule has 6 heteroatoms. The second-order valence-electron chi connectivity index (χ2n) is 7.43. The first-order valence-electron chi connectivity index (χ1n) is 9.65. The number of carbonyl (C=O) groups is 1. The fraction of sp³-hybridized carbons (Fsp3) is 0.208. The summed E-state index contributed by atoms with van der Waals surface area (Å²) in [6, 6.07) is 16.4. The van der Waals surface area contributed by atoms with Gasteiger partial charge in [0, 0.05) is 23.9 Å². The zero-order valence-corrected chi connectivity index (χ0v) is 18.7. The molecule has 0 saturated carbocycles. The lowest BCUT2D eigenvalue weighted by Crippen LogP contribution is -2.27. The minimum Gasteiger partial charge on any atom is -0.344 e. The summed E-state index contributed by atoms with van der Waals surface area (Å²) < 4.78 is 27.8. The van der Waals surface area contributed by atoms with E-state index in [-0.39, 0.29) is 10.7 Å². The standard InChI is InChI=1S/C24H26N2O3S/c1-16-11-13-21(14-12-16)30(28,29)26(5)24-22(23(19(4)27)18(3)25-24)17(2)15-20-9-7-6-8-10-20/h6-15,25H,1-5H3. The van der Waals surface area contributed by atoms with Crippen molar-refractivity contribution in [1.29, 1.82) is 0 Å². The molecule has 3 aromatic rings. The SMILES string of the molecule is CC(=O)c1c(C)[nH]c(N(C)S(=O)(=O)c2ccc(C)cc2)c1C(C)=Cc1ccccc1. The Bertz CT molecular complexity index is 1210. The summed E-state index contributed by atoms with van der Waals surface area (Å²) >= 11 is 0. The Kier molecular flexibility index (Phi) is 5.99. The first-order chi connectivity index (χ1) is 14.1. The average molecular weight is 423 g/mol. The third-order valence-electron chi connectivity index (χ3n) is 5.09. The fourth-order valence-corrected chi connectivity index (χ4v) is 4.70. The van der Waals surface area contributed by atoms with E-state index >= 15 is 0 Å². The molecule has 1 heterocycles. The number of hydrogen-bond donors (Lipinski definition) is 1. The average Bonchev–Trinajstić information content (AvgIpc) is 3.06. The van der Waals surface area contributed by atoms with Gasteiger partial charge in [0.05, 0.1) is 4.90 Å². The van der Waals surface area contributed by atoms with Gasteiger partial charge >= 0.3 is 0 Å². The highest BCUT2D eigenvalue weighted by atomic mass is 32.2. The number of anilines is 1. The fourth-order valence-electron chi connectivity index (χ4n) is 3.53. The van der Waals surface area contributed by atoms with Crippen molar-refractivity contribution >= 4 is 33.3 Å². The predicted octanol–water partition coefficient (Wildman–Crippen LogP) is 5.22. The summed E-state index contributed by atoms with van der Waals surface area (Å²) in [5.41, 5.74) is 4.49. The molecular weight excluding hydrogens is 396 g/mol. The van der Waals surface area contributed by atoms with Crippen molar-refractivity contribution in [2.24, 2.45) is 0 Å². The molecule has 3 rings (SSSR count). The Morgan fingerprint density at radius 1 is 0.933 bits per heavy atom. The third kappa shape index (κ3) is 4.09. The van der Waals surface area contributed by atoms with Gasteiger partial charge in [0.2, 0.25) is 0 Å². The zero-order valence-electron chi connectivity index (χ0n) is 17.9. The van der Waals surface area contributed by atoms with Gasteiger partial charge < -0.3 is 4.98 Å². The number of carbonyl (C=O) groups excluding carboxylic acids is 1. The Hall–Kier alpha value is -3.12. The van der Waals surface area contributed by atoms with Gasteiger partial charge in [-0.05, 0) is 51.0 Å². The van der Waals surface area contributed by atoms with Gasteiger partial charge in [0.1, 0.15) is 5.82 Å². The van der Waals surface area contributed by atoms with Crippen molar-refractivity contribution in [3.8, 4) is 0 Å². The van der Waals surface area contributed by atoms with Gasteiger partial charge in [-0.2, -0.15) is 0 Å². The van der Waals surface area contributed by atoms with Crippen LogP contribution >= 0.6 is 0 Å². The minimum absolute atomic E-state index is 0.119. The van der Waals surface area contributed by atoms with Crippen LogP contribution in [0.15, 0.2) is 59.5 Å². The lowest BCUT2D eigenvalue weighted by Gasteiger charge is -2.20. The van der Waals surface area contributed by atoms with Crippen LogP contribution in [0.1, 0.15) is 46.6 Å². The van der Waals surface area contributed by atoms with E-state index in [0.717, 1.165) is 16.7 Å². The topological polar surface area (TPSA) is 70.2 Å². The molecule has 0 bridgehead atoms. The summed E-state index contributed by atoms with van der Waals surface area (Å²) in [5, 5.41) is 0. The van der Waals surface area contributed by atoms with Gasteiger partial charge in [-0.25, -0.2) is 8.42 Å². The van der Waals surface area contributed by atoms with Crippen LogP contribution in [-0.2, 0) is 10.0 Å². The number of nitrogens with zero attached hydrogens (tertiary/aromatic N) is 1. The number of aryl methyl sites for hydroxylation is 2. The first kappa shape index (κ1) is 21.6. The number of ketones is 1. The molecule has 0 radical (unpaired) electrons. The molecule has 0 aliphatic carbocycles. The number of benzene rings is 2. The number of sulfonamides is 1. The van der Waals surface area contributed by atoms with Crippen molar-refractivity contribution in [3.05, 3.63) is 82.5 Å². The van der Waals surface area contributed by atoms with Crippen molar-refractivity contribution in [3.63, 3.8) is 0 Å². The van der Waals surface area contributed by atoms with Gasteiger partial charge in [-0.1, -0.05) is 54.1 Å². The van der Waals surface area contributed by atoms with Crippen molar-refractivity contribution in [2.45, 2.75) is 32.6 Å². The van der Waals surface area contributed by atoms with Crippen LogP contribution in [0.2, 0.25) is 0 Å². The highest BCUT2D eigenvalue weighted by Gasteiger charge is 2.28. The second-order valence-corrected chi connectivity index (χ2v) is 9.40.